The average Bonchev–Trinajstić information content (AvgIpc) is 3.06. The van der Waals surface area contributed by atoms with Gasteiger partial charge in [0, 0.05) is 19.4 Å². The first-order valence-corrected chi connectivity index (χ1v) is 8.91. The molecule has 1 amide bonds. The zero-order valence-corrected chi connectivity index (χ0v) is 14.8. The minimum Gasteiger partial charge on any atom is -0.292 e. The highest BCUT2D eigenvalue weighted by molar-refractivity contribution is 6.04. The highest BCUT2D eigenvalue weighted by Crippen LogP contribution is 2.39. The number of benzene rings is 2. The third-order valence-corrected chi connectivity index (χ3v) is 5.03. The Hall–Kier alpha value is -2.93. The van der Waals surface area contributed by atoms with Crippen molar-refractivity contribution in [2.24, 2.45) is 0 Å². The molecule has 0 aliphatic carbocycles. The molecule has 2 aliphatic rings. The summed E-state index contributed by atoms with van der Waals surface area (Å²) in [5, 5.41) is 3.17. The van der Waals surface area contributed by atoms with Gasteiger partial charge in [0.1, 0.15) is 5.70 Å². The van der Waals surface area contributed by atoms with Crippen LogP contribution in [0.4, 0.5) is 13.2 Å². The summed E-state index contributed by atoms with van der Waals surface area (Å²) in [5.74, 6) is -0.396. The molecule has 2 saturated heterocycles. The van der Waals surface area contributed by atoms with Crippen LogP contribution in [-0.4, -0.2) is 28.3 Å². The number of nitrogens with zero attached hydrogens (tertiary/aromatic N) is 2. The van der Waals surface area contributed by atoms with E-state index in [0.29, 0.717) is 17.8 Å². The molecule has 2 aromatic carbocycles. The summed E-state index contributed by atoms with van der Waals surface area (Å²) in [4.78, 5) is 25.3. The Bertz CT molecular complexity index is 936. The van der Waals surface area contributed by atoms with E-state index in [1.54, 1.807) is 11.1 Å². The molecule has 0 radical (unpaired) electrons. The molecule has 7 heteroatoms. The van der Waals surface area contributed by atoms with Crippen molar-refractivity contribution >= 4 is 17.8 Å². The van der Waals surface area contributed by atoms with E-state index in [-0.39, 0.29) is 24.5 Å². The number of halogens is 3. The SMILES string of the molecule is O=C1CC(c2ccc(C(F)(F)F)cc2)N2CCC(=O)N2/C1=C/c1ccccc1. The van der Waals surface area contributed by atoms with E-state index >= 15 is 0 Å². The number of rotatable bonds is 2. The Morgan fingerprint density at radius 1 is 0.964 bits per heavy atom. The van der Waals surface area contributed by atoms with Crippen molar-refractivity contribution < 1.29 is 22.8 Å². The second-order valence-corrected chi connectivity index (χ2v) is 6.82. The van der Waals surface area contributed by atoms with E-state index in [0.717, 1.165) is 17.7 Å². The molecule has 4 rings (SSSR count). The van der Waals surface area contributed by atoms with Crippen molar-refractivity contribution in [3.8, 4) is 0 Å². The van der Waals surface area contributed by atoms with Crippen LogP contribution in [0.5, 0.6) is 0 Å². The van der Waals surface area contributed by atoms with Crippen LogP contribution in [0.2, 0.25) is 0 Å². The maximum absolute atomic E-state index is 12.8. The third-order valence-electron chi connectivity index (χ3n) is 5.03. The molecule has 144 valence electrons. The third kappa shape index (κ3) is 3.33. The summed E-state index contributed by atoms with van der Waals surface area (Å²) in [6, 6.07) is 13.5. The van der Waals surface area contributed by atoms with Gasteiger partial charge in [0.2, 0.25) is 5.91 Å². The highest BCUT2D eigenvalue weighted by Gasteiger charge is 2.44. The Morgan fingerprint density at radius 2 is 1.64 bits per heavy atom. The molecule has 2 aromatic rings. The Labute approximate surface area is 159 Å². The van der Waals surface area contributed by atoms with Crippen LogP contribution < -0.4 is 0 Å². The van der Waals surface area contributed by atoms with E-state index < -0.39 is 17.8 Å². The first-order chi connectivity index (χ1) is 13.3. The number of Topliss-reactive ketones (excluding diaryl/α,β-unsaturated/α-hetero) is 1. The number of carbonyl (C=O) groups is 2. The molecule has 0 aromatic heterocycles. The normalized spacial score (nSPS) is 22.0. The molecule has 1 unspecified atom stereocenters. The quantitative estimate of drug-likeness (QED) is 0.726. The standard InChI is InChI=1S/C21H17F3N2O2/c22-21(23,24)16-8-6-15(7-9-16)17-13-19(27)18(12-14-4-2-1-3-5-14)26-20(28)10-11-25(17)26/h1-9,12,17H,10-11,13H2/b18-12+. The number of hydrazine groups is 1. The van der Waals surface area contributed by atoms with E-state index in [1.165, 1.54) is 17.1 Å². The average molecular weight is 386 g/mol. The van der Waals surface area contributed by atoms with Gasteiger partial charge < -0.3 is 0 Å². The number of fused-ring (bicyclic) bond motifs is 1. The maximum atomic E-state index is 12.8. The predicted molar refractivity (Wildman–Crippen MR) is 96.4 cm³/mol. The van der Waals surface area contributed by atoms with Gasteiger partial charge in [0.05, 0.1) is 11.6 Å². The fourth-order valence-corrected chi connectivity index (χ4v) is 3.66. The fraction of sp³-hybridized carbons (Fsp3) is 0.238. The lowest BCUT2D eigenvalue weighted by Crippen LogP contribution is -2.47. The molecular weight excluding hydrogens is 369 g/mol. The van der Waals surface area contributed by atoms with Gasteiger partial charge in [-0.15, -0.1) is 0 Å². The molecule has 4 nitrogen and oxygen atoms in total. The molecule has 0 spiro atoms. The van der Waals surface area contributed by atoms with Gasteiger partial charge >= 0.3 is 6.18 Å². The summed E-state index contributed by atoms with van der Waals surface area (Å²) in [6.45, 7) is 0.421. The van der Waals surface area contributed by atoms with Gasteiger partial charge in [-0.05, 0) is 29.3 Å². The van der Waals surface area contributed by atoms with Crippen molar-refractivity contribution in [2.45, 2.75) is 25.1 Å². The van der Waals surface area contributed by atoms with Crippen molar-refractivity contribution in [1.82, 2.24) is 10.0 Å². The minimum absolute atomic E-state index is 0.105. The van der Waals surface area contributed by atoms with E-state index in [2.05, 4.69) is 0 Å². The first kappa shape index (κ1) is 18.4. The molecule has 0 N–H and O–H groups in total. The van der Waals surface area contributed by atoms with Gasteiger partial charge in [-0.1, -0.05) is 42.5 Å². The zero-order valence-electron chi connectivity index (χ0n) is 14.8. The molecule has 28 heavy (non-hydrogen) atoms. The molecule has 1 atom stereocenters. The van der Waals surface area contributed by atoms with Crippen LogP contribution in [0.15, 0.2) is 60.3 Å². The van der Waals surface area contributed by atoms with E-state index in [1.807, 2.05) is 30.3 Å². The van der Waals surface area contributed by atoms with Crippen LogP contribution in [0, 0.1) is 0 Å². The first-order valence-electron chi connectivity index (χ1n) is 8.91. The molecular formula is C21H17F3N2O2. The van der Waals surface area contributed by atoms with Crippen molar-refractivity contribution in [3.05, 3.63) is 77.0 Å². The summed E-state index contributed by atoms with van der Waals surface area (Å²) in [5.41, 5.74) is 0.951. The fourth-order valence-electron chi connectivity index (χ4n) is 3.66. The molecule has 2 fully saturated rings. The van der Waals surface area contributed by atoms with Crippen LogP contribution in [0.1, 0.15) is 35.6 Å². The lowest BCUT2D eigenvalue weighted by molar-refractivity contribution is -0.146. The summed E-state index contributed by atoms with van der Waals surface area (Å²) < 4.78 is 38.5. The zero-order chi connectivity index (χ0) is 19.9. The smallest absolute Gasteiger partial charge is 0.292 e. The summed E-state index contributed by atoms with van der Waals surface area (Å²) in [6.07, 6.45) is -2.37. The van der Waals surface area contributed by atoms with Gasteiger partial charge in [-0.25, -0.2) is 10.0 Å². The predicted octanol–water partition coefficient (Wildman–Crippen LogP) is 4.21. The van der Waals surface area contributed by atoms with Gasteiger partial charge in [0.25, 0.3) is 0 Å². The largest absolute Gasteiger partial charge is 0.416 e. The van der Waals surface area contributed by atoms with Gasteiger partial charge in [0.15, 0.2) is 5.78 Å². The number of carbonyl (C=O) groups excluding carboxylic acids is 2. The number of alkyl halides is 3. The summed E-state index contributed by atoms with van der Waals surface area (Å²) >= 11 is 0. The van der Waals surface area contributed by atoms with Crippen LogP contribution in [0.3, 0.4) is 0 Å². The van der Waals surface area contributed by atoms with Crippen LogP contribution in [-0.2, 0) is 15.8 Å². The van der Waals surface area contributed by atoms with Crippen molar-refractivity contribution in [2.75, 3.05) is 6.54 Å². The van der Waals surface area contributed by atoms with E-state index in [4.69, 9.17) is 0 Å². The van der Waals surface area contributed by atoms with Crippen LogP contribution in [0.25, 0.3) is 6.08 Å². The number of allylic oxidation sites excluding steroid dienone is 1. The lowest BCUT2D eigenvalue weighted by atomic mass is 9.95. The maximum Gasteiger partial charge on any atom is 0.416 e. The Morgan fingerprint density at radius 3 is 2.29 bits per heavy atom. The van der Waals surface area contributed by atoms with Crippen molar-refractivity contribution in [3.63, 3.8) is 0 Å². The lowest BCUT2D eigenvalue weighted by Gasteiger charge is -2.40. The number of amides is 1. The van der Waals surface area contributed by atoms with Crippen molar-refractivity contribution in [1.29, 1.82) is 0 Å². The molecule has 0 saturated carbocycles. The summed E-state index contributed by atoms with van der Waals surface area (Å²) in [7, 11) is 0. The minimum atomic E-state index is -4.41. The Kier molecular flexibility index (Phi) is 4.55. The number of ketones is 1. The molecule has 2 heterocycles. The van der Waals surface area contributed by atoms with Gasteiger partial charge in [-0.2, -0.15) is 13.2 Å². The highest BCUT2D eigenvalue weighted by atomic mass is 19.4. The monoisotopic (exact) mass is 386 g/mol. The second-order valence-electron chi connectivity index (χ2n) is 6.82. The number of hydrogen-bond donors (Lipinski definition) is 0. The van der Waals surface area contributed by atoms with Crippen LogP contribution >= 0.6 is 0 Å². The topological polar surface area (TPSA) is 40.6 Å². The van der Waals surface area contributed by atoms with Gasteiger partial charge in [-0.3, -0.25) is 9.59 Å². The van der Waals surface area contributed by atoms with E-state index in [9.17, 15) is 22.8 Å². The number of hydrogen-bond acceptors (Lipinski definition) is 3. The second kappa shape index (κ2) is 6.91. The Balaban J connectivity index is 1.68. The molecule has 2 aliphatic heterocycles. The molecule has 0 bridgehead atoms.